The molecule has 27 heavy (non-hydrogen) atoms. The van der Waals surface area contributed by atoms with Crippen LogP contribution in [0.4, 0.5) is 13.2 Å². The molecule has 3 aromatic rings. The van der Waals surface area contributed by atoms with E-state index in [-0.39, 0.29) is 16.0 Å². The Hall–Kier alpha value is -3.18. The molecule has 0 aliphatic heterocycles. The molecular weight excluding hydrogens is 377 g/mol. The Morgan fingerprint density at radius 1 is 1.19 bits per heavy atom. The number of aromatic nitrogens is 1. The highest BCUT2D eigenvalue weighted by molar-refractivity contribution is 7.17. The molecule has 1 aromatic heterocycles. The maximum atomic E-state index is 12.9. The van der Waals surface area contributed by atoms with Crippen LogP contribution in [0.3, 0.4) is 0 Å². The van der Waals surface area contributed by atoms with Gasteiger partial charge in [0.25, 0.3) is 0 Å². The van der Waals surface area contributed by atoms with E-state index in [0.717, 1.165) is 23.5 Å². The van der Waals surface area contributed by atoms with E-state index < -0.39 is 17.7 Å². The fourth-order valence-corrected chi connectivity index (χ4v) is 3.50. The number of hydrogen-bond acceptors (Lipinski definition) is 4. The predicted octanol–water partition coefficient (Wildman–Crippen LogP) is 5.37. The third kappa shape index (κ3) is 3.68. The summed E-state index contributed by atoms with van der Waals surface area (Å²) >= 11 is 0.979. The number of carboxylic acids is 1. The lowest BCUT2D eigenvalue weighted by Gasteiger charge is -2.10. The van der Waals surface area contributed by atoms with Gasteiger partial charge in [0.1, 0.15) is 9.88 Å². The van der Waals surface area contributed by atoms with Crippen molar-refractivity contribution in [3.8, 4) is 27.8 Å². The van der Waals surface area contributed by atoms with Crippen LogP contribution in [0, 0.1) is 18.3 Å². The maximum absolute atomic E-state index is 12.9. The molecule has 8 heteroatoms. The van der Waals surface area contributed by atoms with Crippen molar-refractivity contribution in [2.24, 2.45) is 0 Å². The Balaban J connectivity index is 2.07. The molecule has 1 heterocycles. The number of aromatic carboxylic acids is 1. The number of nitriles is 1. The van der Waals surface area contributed by atoms with Gasteiger partial charge in [-0.05, 0) is 36.2 Å². The van der Waals surface area contributed by atoms with Crippen molar-refractivity contribution in [3.63, 3.8) is 0 Å². The Morgan fingerprint density at radius 3 is 2.52 bits per heavy atom. The number of hydrogen-bond donors (Lipinski definition) is 1. The average Bonchev–Trinajstić information content (AvgIpc) is 3.02. The first-order valence-electron chi connectivity index (χ1n) is 7.63. The maximum Gasteiger partial charge on any atom is 0.416 e. The summed E-state index contributed by atoms with van der Waals surface area (Å²) in [7, 11) is 0. The summed E-state index contributed by atoms with van der Waals surface area (Å²) in [4.78, 5) is 15.5. The number of alkyl halides is 3. The van der Waals surface area contributed by atoms with Crippen LogP contribution in [0.2, 0.25) is 0 Å². The monoisotopic (exact) mass is 388 g/mol. The summed E-state index contributed by atoms with van der Waals surface area (Å²) in [6, 6.07) is 11.4. The first-order chi connectivity index (χ1) is 12.7. The minimum atomic E-state index is -4.48. The average molecular weight is 388 g/mol. The van der Waals surface area contributed by atoms with Gasteiger partial charge in [0.15, 0.2) is 0 Å². The van der Waals surface area contributed by atoms with Crippen molar-refractivity contribution in [1.29, 1.82) is 5.26 Å². The molecule has 0 spiro atoms. The highest BCUT2D eigenvalue weighted by atomic mass is 32.1. The molecule has 0 aliphatic rings. The second-order valence-corrected chi connectivity index (χ2v) is 6.69. The lowest BCUT2D eigenvalue weighted by molar-refractivity contribution is -0.137. The lowest BCUT2D eigenvalue weighted by atomic mass is 9.97. The molecule has 0 radical (unpaired) electrons. The Kier molecular flexibility index (Phi) is 4.72. The first kappa shape index (κ1) is 18.6. The van der Waals surface area contributed by atoms with E-state index in [1.54, 1.807) is 19.1 Å². The van der Waals surface area contributed by atoms with Crippen LogP contribution in [-0.2, 0) is 6.18 Å². The summed E-state index contributed by atoms with van der Waals surface area (Å²) in [6.45, 7) is 1.58. The molecule has 0 amide bonds. The van der Waals surface area contributed by atoms with Gasteiger partial charge in [-0.3, -0.25) is 0 Å². The summed E-state index contributed by atoms with van der Waals surface area (Å²) in [6.07, 6.45) is -4.48. The van der Waals surface area contributed by atoms with E-state index in [4.69, 9.17) is 5.11 Å². The van der Waals surface area contributed by atoms with E-state index in [1.807, 2.05) is 6.07 Å². The zero-order chi connectivity index (χ0) is 19.8. The normalized spacial score (nSPS) is 11.2. The van der Waals surface area contributed by atoms with Gasteiger partial charge < -0.3 is 5.11 Å². The van der Waals surface area contributed by atoms with Crippen LogP contribution >= 0.6 is 11.3 Å². The quantitative estimate of drug-likeness (QED) is 0.654. The van der Waals surface area contributed by atoms with Gasteiger partial charge in [0, 0.05) is 5.56 Å². The van der Waals surface area contributed by atoms with Crippen LogP contribution in [0.25, 0.3) is 21.7 Å². The van der Waals surface area contributed by atoms with E-state index in [0.29, 0.717) is 21.8 Å². The molecule has 2 aromatic carbocycles. The van der Waals surface area contributed by atoms with Crippen LogP contribution in [0.5, 0.6) is 0 Å². The summed E-state index contributed by atoms with van der Waals surface area (Å²) in [5, 5.41) is 19.0. The Bertz CT molecular complexity index is 1080. The van der Waals surface area contributed by atoms with Crippen molar-refractivity contribution in [3.05, 3.63) is 64.2 Å². The van der Waals surface area contributed by atoms with E-state index in [9.17, 15) is 23.2 Å². The first-order valence-corrected chi connectivity index (χ1v) is 8.45. The molecule has 0 fully saturated rings. The third-order valence-corrected chi connectivity index (χ3v) is 5.07. The molecule has 0 unspecified atom stereocenters. The Labute approximate surface area is 156 Å². The van der Waals surface area contributed by atoms with Gasteiger partial charge in [-0.2, -0.15) is 18.4 Å². The van der Waals surface area contributed by atoms with Crippen LogP contribution in [0.15, 0.2) is 42.5 Å². The molecule has 4 nitrogen and oxygen atoms in total. The largest absolute Gasteiger partial charge is 0.477 e. The van der Waals surface area contributed by atoms with Gasteiger partial charge in [-0.15, -0.1) is 11.3 Å². The molecule has 3 rings (SSSR count). The molecule has 0 bridgehead atoms. The van der Waals surface area contributed by atoms with E-state index in [1.165, 1.54) is 18.2 Å². The number of nitrogens with zero attached hydrogens (tertiary/aromatic N) is 2. The van der Waals surface area contributed by atoms with Gasteiger partial charge in [0.2, 0.25) is 0 Å². The fraction of sp³-hybridized carbons (Fsp3) is 0.105. The second-order valence-electron chi connectivity index (χ2n) is 5.69. The van der Waals surface area contributed by atoms with Crippen molar-refractivity contribution in [1.82, 2.24) is 4.98 Å². The van der Waals surface area contributed by atoms with Crippen molar-refractivity contribution >= 4 is 17.3 Å². The molecule has 0 saturated heterocycles. The van der Waals surface area contributed by atoms with Crippen molar-refractivity contribution in [2.75, 3.05) is 0 Å². The predicted molar refractivity (Wildman–Crippen MR) is 94.4 cm³/mol. The molecule has 1 N–H and O–H groups in total. The minimum Gasteiger partial charge on any atom is -0.477 e. The SMILES string of the molecule is Cc1nc(-c2ccc(-c3cccc(C(F)(F)F)c3)c(C#N)c2)sc1C(=O)O. The standard InChI is InChI=1S/C19H11F3N2O2S/c1-10-16(18(25)26)27-17(24-10)12-5-6-15(13(7-12)9-23)11-3-2-4-14(8-11)19(20,21)22/h2-8H,1H3,(H,25,26). The smallest absolute Gasteiger partial charge is 0.416 e. The Morgan fingerprint density at radius 2 is 1.93 bits per heavy atom. The number of carboxylic acid groups (broad SMARTS) is 1. The second kappa shape index (κ2) is 6.85. The number of benzene rings is 2. The minimum absolute atomic E-state index is 0.102. The highest BCUT2D eigenvalue weighted by Gasteiger charge is 2.30. The molecular formula is C19H11F3N2O2S. The number of halogens is 3. The molecule has 0 saturated carbocycles. The van der Waals surface area contributed by atoms with Crippen LogP contribution < -0.4 is 0 Å². The van der Waals surface area contributed by atoms with Crippen LogP contribution in [0.1, 0.15) is 26.5 Å². The topological polar surface area (TPSA) is 74.0 Å². The number of thiazole rings is 1. The lowest BCUT2D eigenvalue weighted by Crippen LogP contribution is -2.04. The van der Waals surface area contributed by atoms with Gasteiger partial charge in [-0.25, -0.2) is 9.78 Å². The molecule has 0 aliphatic carbocycles. The van der Waals surface area contributed by atoms with Gasteiger partial charge in [0.05, 0.1) is 22.9 Å². The van der Waals surface area contributed by atoms with Gasteiger partial charge >= 0.3 is 12.1 Å². The number of rotatable bonds is 3. The molecule has 0 atom stereocenters. The summed E-state index contributed by atoms with van der Waals surface area (Å²) in [5.41, 5.74) is 0.908. The van der Waals surface area contributed by atoms with E-state index in [2.05, 4.69) is 4.98 Å². The summed E-state index contributed by atoms with van der Waals surface area (Å²) < 4.78 is 38.8. The zero-order valence-electron chi connectivity index (χ0n) is 13.8. The third-order valence-electron chi connectivity index (χ3n) is 3.88. The highest BCUT2D eigenvalue weighted by Crippen LogP contribution is 2.35. The van der Waals surface area contributed by atoms with Crippen LogP contribution in [-0.4, -0.2) is 16.1 Å². The fourth-order valence-electron chi connectivity index (χ4n) is 2.60. The summed E-state index contributed by atoms with van der Waals surface area (Å²) in [5.74, 6) is -1.09. The van der Waals surface area contributed by atoms with Crippen molar-refractivity contribution < 1.29 is 23.1 Å². The number of carbonyl (C=O) groups is 1. The van der Waals surface area contributed by atoms with E-state index >= 15 is 0 Å². The molecule has 136 valence electrons. The zero-order valence-corrected chi connectivity index (χ0v) is 14.6. The van der Waals surface area contributed by atoms with Gasteiger partial charge in [-0.1, -0.05) is 24.3 Å². The number of aryl methyl sites for hydroxylation is 1. The van der Waals surface area contributed by atoms with Crippen molar-refractivity contribution in [2.45, 2.75) is 13.1 Å².